The van der Waals surface area contributed by atoms with E-state index < -0.39 is 5.54 Å². The van der Waals surface area contributed by atoms with Gasteiger partial charge in [-0.1, -0.05) is 36.3 Å². The van der Waals surface area contributed by atoms with Crippen molar-refractivity contribution >= 4 is 0 Å². The largest absolute Gasteiger partial charge is 0.337 e. The number of benzene rings is 1. The first-order valence-corrected chi connectivity index (χ1v) is 6.19. The zero-order valence-electron chi connectivity index (χ0n) is 11.1. The molecule has 0 saturated carbocycles. The number of aryl methyl sites for hydroxylation is 1. The van der Waals surface area contributed by atoms with Crippen LogP contribution in [-0.4, -0.2) is 10.1 Å². The van der Waals surface area contributed by atoms with Gasteiger partial charge < -0.3 is 10.3 Å². The zero-order valence-corrected chi connectivity index (χ0v) is 11.1. The second kappa shape index (κ2) is 4.90. The molecule has 0 radical (unpaired) electrons. The molecular weight excluding hydrogens is 226 g/mol. The molecular formula is C14H19N3O. The van der Waals surface area contributed by atoms with E-state index in [2.05, 4.69) is 29.2 Å². The lowest BCUT2D eigenvalue weighted by Crippen LogP contribution is -2.32. The van der Waals surface area contributed by atoms with E-state index >= 15 is 0 Å². The molecule has 0 aliphatic carbocycles. The molecule has 18 heavy (non-hydrogen) atoms. The first kappa shape index (κ1) is 12.8. The summed E-state index contributed by atoms with van der Waals surface area (Å²) in [5.41, 5.74) is 7.97. The summed E-state index contributed by atoms with van der Waals surface area (Å²) >= 11 is 0. The molecule has 1 aromatic carbocycles. The van der Waals surface area contributed by atoms with Gasteiger partial charge in [0.25, 0.3) is 0 Å². The predicted molar refractivity (Wildman–Crippen MR) is 70.1 cm³/mol. The van der Waals surface area contributed by atoms with Crippen molar-refractivity contribution in [2.24, 2.45) is 5.73 Å². The maximum atomic E-state index is 6.08. The quantitative estimate of drug-likeness (QED) is 0.899. The van der Waals surface area contributed by atoms with E-state index in [1.807, 2.05) is 26.0 Å². The highest BCUT2D eigenvalue weighted by Crippen LogP contribution is 2.20. The van der Waals surface area contributed by atoms with Crippen molar-refractivity contribution in [3.05, 3.63) is 47.1 Å². The first-order valence-electron chi connectivity index (χ1n) is 6.19. The van der Waals surface area contributed by atoms with Gasteiger partial charge in [-0.25, -0.2) is 0 Å². The van der Waals surface area contributed by atoms with Gasteiger partial charge >= 0.3 is 0 Å². The van der Waals surface area contributed by atoms with Gasteiger partial charge in [0.2, 0.25) is 5.89 Å². The lowest BCUT2D eigenvalue weighted by Gasteiger charge is -2.16. The Morgan fingerprint density at radius 2 is 2.06 bits per heavy atom. The zero-order chi connectivity index (χ0) is 13.2. The molecule has 1 heterocycles. The van der Waals surface area contributed by atoms with Crippen LogP contribution in [0.25, 0.3) is 0 Å². The molecule has 2 N–H and O–H groups in total. The number of nitrogens with zero attached hydrogens (tertiary/aromatic N) is 2. The van der Waals surface area contributed by atoms with E-state index in [1.165, 1.54) is 11.1 Å². The minimum Gasteiger partial charge on any atom is -0.337 e. The normalized spacial score (nSPS) is 14.4. The average molecular weight is 245 g/mol. The summed E-state index contributed by atoms with van der Waals surface area (Å²) in [6.45, 7) is 5.98. The summed E-state index contributed by atoms with van der Waals surface area (Å²) in [5, 5.41) is 4.00. The van der Waals surface area contributed by atoms with Gasteiger partial charge in [-0.3, -0.25) is 0 Å². The SMILES string of the molecule is CCC(C)(N)c1nc(Cc2ccccc2C)no1. The Hall–Kier alpha value is -1.68. The Labute approximate surface area is 107 Å². The van der Waals surface area contributed by atoms with Crippen LogP contribution < -0.4 is 5.73 Å². The molecule has 0 saturated heterocycles. The van der Waals surface area contributed by atoms with Crippen LogP contribution in [0.15, 0.2) is 28.8 Å². The molecule has 4 nitrogen and oxygen atoms in total. The average Bonchev–Trinajstić information content (AvgIpc) is 2.81. The Balaban J connectivity index is 2.20. The smallest absolute Gasteiger partial charge is 0.246 e. The Morgan fingerprint density at radius 3 is 2.72 bits per heavy atom. The summed E-state index contributed by atoms with van der Waals surface area (Å²) in [7, 11) is 0. The molecule has 2 rings (SSSR count). The maximum absolute atomic E-state index is 6.08. The molecule has 2 aromatic rings. The lowest BCUT2D eigenvalue weighted by molar-refractivity contribution is 0.290. The molecule has 0 aliphatic rings. The van der Waals surface area contributed by atoms with Crippen molar-refractivity contribution in [3.8, 4) is 0 Å². The van der Waals surface area contributed by atoms with Crippen LogP contribution in [0.3, 0.4) is 0 Å². The molecule has 4 heteroatoms. The number of rotatable bonds is 4. The fraction of sp³-hybridized carbons (Fsp3) is 0.429. The van der Waals surface area contributed by atoms with Crippen molar-refractivity contribution in [2.75, 3.05) is 0 Å². The van der Waals surface area contributed by atoms with Crippen molar-refractivity contribution in [1.82, 2.24) is 10.1 Å². The maximum Gasteiger partial charge on any atom is 0.246 e. The van der Waals surface area contributed by atoms with E-state index in [4.69, 9.17) is 10.3 Å². The van der Waals surface area contributed by atoms with E-state index in [-0.39, 0.29) is 0 Å². The van der Waals surface area contributed by atoms with Gasteiger partial charge in [0.05, 0.1) is 5.54 Å². The second-order valence-corrected chi connectivity index (χ2v) is 4.89. The summed E-state index contributed by atoms with van der Waals surface area (Å²) in [4.78, 5) is 4.39. The molecule has 0 bridgehead atoms. The fourth-order valence-corrected chi connectivity index (χ4v) is 1.69. The van der Waals surface area contributed by atoms with Crippen LogP contribution in [0.2, 0.25) is 0 Å². The highest BCUT2D eigenvalue weighted by Gasteiger charge is 2.26. The van der Waals surface area contributed by atoms with Gasteiger partial charge in [-0.2, -0.15) is 4.98 Å². The number of nitrogens with two attached hydrogens (primary N) is 1. The number of aromatic nitrogens is 2. The monoisotopic (exact) mass is 245 g/mol. The molecule has 0 fully saturated rings. The highest BCUT2D eigenvalue weighted by atomic mass is 16.5. The second-order valence-electron chi connectivity index (χ2n) is 4.89. The van der Waals surface area contributed by atoms with Crippen LogP contribution in [0.4, 0.5) is 0 Å². The number of hydrogen-bond donors (Lipinski definition) is 1. The van der Waals surface area contributed by atoms with Gasteiger partial charge in [0.15, 0.2) is 5.82 Å². The third-order valence-electron chi connectivity index (χ3n) is 3.30. The Morgan fingerprint density at radius 1 is 1.33 bits per heavy atom. The van der Waals surface area contributed by atoms with Gasteiger partial charge in [-0.15, -0.1) is 0 Å². The molecule has 0 amide bonds. The topological polar surface area (TPSA) is 64.9 Å². The highest BCUT2D eigenvalue weighted by molar-refractivity contribution is 5.28. The Bertz CT molecular complexity index is 531. The van der Waals surface area contributed by atoms with Gasteiger partial charge in [-0.05, 0) is 31.4 Å². The molecule has 0 aliphatic heterocycles. The van der Waals surface area contributed by atoms with Crippen LogP contribution in [0, 0.1) is 6.92 Å². The fourth-order valence-electron chi connectivity index (χ4n) is 1.69. The molecule has 1 aromatic heterocycles. The van der Waals surface area contributed by atoms with Crippen molar-refractivity contribution in [3.63, 3.8) is 0 Å². The van der Waals surface area contributed by atoms with Crippen LogP contribution in [-0.2, 0) is 12.0 Å². The Kier molecular flexibility index (Phi) is 3.48. The third kappa shape index (κ3) is 2.59. The molecule has 96 valence electrons. The molecule has 1 unspecified atom stereocenters. The van der Waals surface area contributed by atoms with E-state index in [0.717, 1.165) is 6.42 Å². The van der Waals surface area contributed by atoms with Crippen molar-refractivity contribution in [2.45, 2.75) is 39.2 Å². The summed E-state index contributed by atoms with van der Waals surface area (Å²) in [6, 6.07) is 8.19. The van der Waals surface area contributed by atoms with Crippen molar-refractivity contribution in [1.29, 1.82) is 0 Å². The van der Waals surface area contributed by atoms with Crippen LogP contribution >= 0.6 is 0 Å². The van der Waals surface area contributed by atoms with Crippen LogP contribution in [0.1, 0.15) is 43.1 Å². The minimum absolute atomic E-state index is 0.508. The third-order valence-corrected chi connectivity index (χ3v) is 3.30. The lowest BCUT2D eigenvalue weighted by atomic mass is 10.0. The molecule has 0 spiro atoms. The van der Waals surface area contributed by atoms with Gasteiger partial charge in [0, 0.05) is 6.42 Å². The van der Waals surface area contributed by atoms with E-state index in [0.29, 0.717) is 18.1 Å². The summed E-state index contributed by atoms with van der Waals surface area (Å²) in [6.07, 6.45) is 1.44. The number of hydrogen-bond acceptors (Lipinski definition) is 4. The van der Waals surface area contributed by atoms with E-state index in [9.17, 15) is 0 Å². The van der Waals surface area contributed by atoms with E-state index in [1.54, 1.807) is 0 Å². The van der Waals surface area contributed by atoms with Gasteiger partial charge in [0.1, 0.15) is 0 Å². The predicted octanol–water partition coefficient (Wildman–Crippen LogP) is 2.55. The summed E-state index contributed by atoms with van der Waals surface area (Å²) in [5.74, 6) is 1.19. The summed E-state index contributed by atoms with van der Waals surface area (Å²) < 4.78 is 5.25. The standard InChI is InChI=1S/C14H19N3O/c1-4-14(3,15)13-16-12(17-18-13)9-11-8-6-5-7-10(11)2/h5-8H,4,9,15H2,1-3H3. The first-order chi connectivity index (χ1) is 8.53. The minimum atomic E-state index is -0.545. The van der Waals surface area contributed by atoms with Crippen molar-refractivity contribution < 1.29 is 4.52 Å². The molecule has 1 atom stereocenters. The van der Waals surface area contributed by atoms with Crippen LogP contribution in [0.5, 0.6) is 0 Å².